The van der Waals surface area contributed by atoms with Crippen molar-refractivity contribution in [3.63, 3.8) is 0 Å². The summed E-state index contributed by atoms with van der Waals surface area (Å²) in [7, 11) is 0. The number of hydrogen-bond acceptors (Lipinski definition) is 4. The summed E-state index contributed by atoms with van der Waals surface area (Å²) in [5.41, 5.74) is -1.01. The number of anilines is 2. The molecule has 0 radical (unpaired) electrons. The molecule has 0 atom stereocenters. The first-order valence-electron chi connectivity index (χ1n) is 9.23. The number of thiazole rings is 1. The van der Waals surface area contributed by atoms with Crippen LogP contribution in [0, 0.1) is 5.82 Å². The van der Waals surface area contributed by atoms with Crippen molar-refractivity contribution in [2.45, 2.75) is 25.4 Å². The van der Waals surface area contributed by atoms with Gasteiger partial charge in [-0.1, -0.05) is 58.3 Å². The molecule has 0 amide bonds. The van der Waals surface area contributed by atoms with E-state index in [1.54, 1.807) is 0 Å². The minimum Gasteiger partial charge on any atom is -0.329 e. The summed E-state index contributed by atoms with van der Waals surface area (Å²) in [4.78, 5) is 3.83. The number of nitrogens with one attached hydrogen (secondary N) is 1. The number of aromatic nitrogens is 1. The number of benzene rings is 2. The van der Waals surface area contributed by atoms with E-state index in [1.807, 2.05) is 0 Å². The van der Waals surface area contributed by atoms with Crippen LogP contribution in [0.1, 0.15) is 16.1 Å². The Morgan fingerprint density at radius 3 is 2.03 bits per heavy atom. The molecule has 0 fully saturated rings. The molecule has 0 saturated carbocycles. The third-order valence-corrected chi connectivity index (χ3v) is 6.06. The molecule has 0 aliphatic rings. The van der Waals surface area contributed by atoms with Gasteiger partial charge in [0.15, 0.2) is 10.8 Å². The molecule has 0 saturated heterocycles. The third-order valence-electron chi connectivity index (χ3n) is 4.29. The van der Waals surface area contributed by atoms with Crippen LogP contribution in [0.3, 0.4) is 0 Å². The maximum Gasteiger partial charge on any atom is 0.434 e. The lowest BCUT2D eigenvalue weighted by atomic mass is 10.2. The number of alkyl halides is 6. The van der Waals surface area contributed by atoms with Crippen LogP contribution in [0.15, 0.2) is 36.4 Å². The summed E-state index contributed by atoms with van der Waals surface area (Å²) < 4.78 is 93.4. The molecule has 0 bridgehead atoms. The first-order chi connectivity index (χ1) is 15.7. The molecule has 0 unspecified atom stereocenters. The third kappa shape index (κ3) is 7.35. The number of rotatable bonds is 7. The van der Waals surface area contributed by atoms with Crippen LogP contribution in [0.2, 0.25) is 15.1 Å². The molecule has 1 N–H and O–H groups in total. The van der Waals surface area contributed by atoms with Gasteiger partial charge in [0.05, 0.1) is 27.2 Å². The highest BCUT2D eigenvalue weighted by atomic mass is 35.5. The van der Waals surface area contributed by atoms with E-state index in [4.69, 9.17) is 34.8 Å². The van der Waals surface area contributed by atoms with Gasteiger partial charge in [-0.15, -0.1) is 0 Å². The number of nitrogens with zero attached hydrogens (tertiary/aromatic N) is 2. The second-order valence-electron chi connectivity index (χ2n) is 7.04. The van der Waals surface area contributed by atoms with Gasteiger partial charge in [0.25, 0.3) is 0 Å². The predicted octanol–water partition coefficient (Wildman–Crippen LogP) is 8.57. The topological polar surface area (TPSA) is 28.2 Å². The second kappa shape index (κ2) is 10.4. The zero-order valence-corrected chi connectivity index (χ0v) is 19.8. The van der Waals surface area contributed by atoms with E-state index in [1.165, 1.54) is 24.3 Å². The summed E-state index contributed by atoms with van der Waals surface area (Å²) in [6, 6.07) is 7.24. The van der Waals surface area contributed by atoms with Crippen LogP contribution in [0.5, 0.6) is 0 Å². The summed E-state index contributed by atoms with van der Waals surface area (Å²) in [6.07, 6.45) is -9.62. The standard InChI is InChI=1S/C20H13Cl3F7N3S/c21-11-5-13(22)16(14(23)6-11)31-18-32-17(20(28,29)30)15(34-18)8-33(9-19(25,26)27)7-10-1-3-12(24)4-2-10/h1-6H,7-9H2,(H,31,32). The highest BCUT2D eigenvalue weighted by Gasteiger charge is 2.39. The van der Waals surface area contributed by atoms with Gasteiger partial charge in [0.2, 0.25) is 0 Å². The van der Waals surface area contributed by atoms with Crippen LogP contribution in [0.25, 0.3) is 0 Å². The van der Waals surface area contributed by atoms with Gasteiger partial charge >= 0.3 is 12.4 Å². The molecule has 0 aliphatic carbocycles. The summed E-state index contributed by atoms with van der Waals surface area (Å²) in [5.74, 6) is -0.594. The molecule has 34 heavy (non-hydrogen) atoms. The van der Waals surface area contributed by atoms with Crippen molar-refractivity contribution in [3.05, 3.63) is 73.4 Å². The van der Waals surface area contributed by atoms with Crippen LogP contribution in [0.4, 0.5) is 41.6 Å². The van der Waals surface area contributed by atoms with Crippen molar-refractivity contribution in [2.75, 3.05) is 11.9 Å². The Hall–Kier alpha value is -1.79. The molecule has 2 aromatic carbocycles. The Morgan fingerprint density at radius 2 is 1.50 bits per heavy atom. The average Bonchev–Trinajstić information content (AvgIpc) is 3.08. The predicted molar refractivity (Wildman–Crippen MR) is 118 cm³/mol. The van der Waals surface area contributed by atoms with Crippen molar-refractivity contribution in [1.82, 2.24) is 9.88 Å². The second-order valence-corrected chi connectivity index (χ2v) is 9.38. The minimum absolute atomic E-state index is 0.0119. The van der Waals surface area contributed by atoms with Gasteiger partial charge < -0.3 is 5.32 Å². The van der Waals surface area contributed by atoms with Crippen molar-refractivity contribution in [2.24, 2.45) is 0 Å². The molecule has 1 aromatic heterocycles. The first-order valence-corrected chi connectivity index (χ1v) is 11.2. The molecular weight excluding hydrogens is 554 g/mol. The first kappa shape index (κ1) is 26.8. The Balaban J connectivity index is 1.93. The summed E-state index contributed by atoms with van der Waals surface area (Å²) in [5, 5.41) is 2.52. The maximum atomic E-state index is 13.6. The fourth-order valence-corrected chi connectivity index (χ4v) is 4.91. The lowest BCUT2D eigenvalue weighted by Gasteiger charge is -2.23. The van der Waals surface area contributed by atoms with Crippen LogP contribution >= 0.6 is 46.1 Å². The zero-order chi connectivity index (χ0) is 25.3. The highest BCUT2D eigenvalue weighted by molar-refractivity contribution is 7.15. The van der Waals surface area contributed by atoms with Crippen molar-refractivity contribution in [1.29, 1.82) is 0 Å². The molecule has 3 aromatic rings. The fourth-order valence-electron chi connectivity index (χ4n) is 2.97. The minimum atomic E-state index is -4.93. The lowest BCUT2D eigenvalue weighted by Crippen LogP contribution is -2.33. The van der Waals surface area contributed by atoms with Crippen molar-refractivity contribution < 1.29 is 30.7 Å². The monoisotopic (exact) mass is 565 g/mol. The van der Waals surface area contributed by atoms with E-state index in [0.29, 0.717) is 16.9 Å². The van der Waals surface area contributed by atoms with Gasteiger partial charge in [-0.05, 0) is 29.8 Å². The van der Waals surface area contributed by atoms with E-state index < -0.39 is 41.8 Å². The smallest absolute Gasteiger partial charge is 0.329 e. The van der Waals surface area contributed by atoms with E-state index >= 15 is 0 Å². The molecule has 3 rings (SSSR count). The Bertz CT molecular complexity index is 1120. The normalized spacial score (nSPS) is 12.4. The zero-order valence-electron chi connectivity index (χ0n) is 16.7. The maximum absolute atomic E-state index is 13.6. The Kier molecular flexibility index (Phi) is 8.24. The van der Waals surface area contributed by atoms with E-state index in [2.05, 4.69) is 10.3 Å². The SMILES string of the molecule is Fc1ccc(CN(Cc2sc(Nc3c(Cl)cc(Cl)cc3Cl)nc2C(F)(F)F)CC(F)(F)F)cc1. The molecular formula is C20H13Cl3F7N3S. The van der Waals surface area contributed by atoms with E-state index in [-0.39, 0.29) is 32.4 Å². The van der Waals surface area contributed by atoms with Gasteiger partial charge in [0.1, 0.15) is 5.82 Å². The van der Waals surface area contributed by atoms with Gasteiger partial charge in [0, 0.05) is 18.1 Å². The lowest BCUT2D eigenvalue weighted by molar-refractivity contribution is -0.149. The largest absolute Gasteiger partial charge is 0.434 e. The van der Waals surface area contributed by atoms with Crippen molar-refractivity contribution in [3.8, 4) is 0 Å². The van der Waals surface area contributed by atoms with E-state index in [0.717, 1.165) is 17.0 Å². The molecule has 0 spiro atoms. The quantitative estimate of drug-likeness (QED) is 0.290. The van der Waals surface area contributed by atoms with E-state index in [9.17, 15) is 30.7 Å². The van der Waals surface area contributed by atoms with Gasteiger partial charge in [-0.25, -0.2) is 9.37 Å². The van der Waals surface area contributed by atoms with Crippen LogP contribution in [-0.4, -0.2) is 22.6 Å². The fraction of sp³-hybridized carbons (Fsp3) is 0.250. The molecule has 184 valence electrons. The van der Waals surface area contributed by atoms with Crippen LogP contribution < -0.4 is 5.32 Å². The summed E-state index contributed by atoms with van der Waals surface area (Å²) in [6.45, 7) is -2.57. The number of hydrogen-bond donors (Lipinski definition) is 1. The molecule has 3 nitrogen and oxygen atoms in total. The average molecular weight is 567 g/mol. The number of halogens is 10. The molecule has 14 heteroatoms. The Morgan fingerprint density at radius 1 is 0.912 bits per heavy atom. The highest BCUT2D eigenvalue weighted by Crippen LogP contribution is 2.41. The summed E-state index contributed by atoms with van der Waals surface area (Å²) >= 11 is 18.4. The van der Waals surface area contributed by atoms with Crippen LogP contribution in [-0.2, 0) is 19.3 Å². The molecule has 1 heterocycles. The Labute approximate surface area is 208 Å². The van der Waals surface area contributed by atoms with Gasteiger partial charge in [-0.3, -0.25) is 4.90 Å². The molecule has 0 aliphatic heterocycles. The van der Waals surface area contributed by atoms with Crippen molar-refractivity contribution >= 4 is 57.0 Å². The van der Waals surface area contributed by atoms with Gasteiger partial charge in [-0.2, -0.15) is 26.3 Å².